The fourth-order valence-electron chi connectivity index (χ4n) is 4.73. The van der Waals surface area contributed by atoms with E-state index in [0.717, 1.165) is 21.4 Å². The third-order valence-corrected chi connectivity index (χ3v) is 7.86. The Bertz CT molecular complexity index is 1930. The molecule has 0 spiro atoms. The summed E-state index contributed by atoms with van der Waals surface area (Å²) in [4.78, 5) is 19.3. The average molecular weight is 554 g/mol. The predicted octanol–water partition coefficient (Wildman–Crippen LogP) is 6.68. The molecule has 1 atom stereocenters. The van der Waals surface area contributed by atoms with Gasteiger partial charge in [0.2, 0.25) is 5.88 Å². The van der Waals surface area contributed by atoms with Crippen LogP contribution in [0.1, 0.15) is 22.6 Å². The van der Waals surface area contributed by atoms with Gasteiger partial charge in [0, 0.05) is 15.3 Å². The molecule has 2 N–H and O–H groups in total. The second-order valence-electron chi connectivity index (χ2n) is 9.05. The third-order valence-electron chi connectivity index (χ3n) is 6.58. The molecule has 6 rings (SSSR count). The lowest BCUT2D eigenvalue weighted by molar-refractivity contribution is 0.387. The average Bonchev–Trinajstić information content (AvgIpc) is 2.93. The molecule has 1 aliphatic rings. The summed E-state index contributed by atoms with van der Waals surface area (Å²) in [6.45, 7) is 1.93. The van der Waals surface area contributed by atoms with Crippen molar-refractivity contribution in [1.82, 2.24) is 4.98 Å². The summed E-state index contributed by atoms with van der Waals surface area (Å²) in [5, 5.41) is 12.8. The number of hydrogen-bond donors (Lipinski definition) is 1. The van der Waals surface area contributed by atoms with E-state index in [2.05, 4.69) is 6.07 Å². The van der Waals surface area contributed by atoms with Crippen molar-refractivity contribution < 1.29 is 13.9 Å². The van der Waals surface area contributed by atoms with Gasteiger partial charge >= 0.3 is 5.63 Å². The van der Waals surface area contributed by atoms with Crippen molar-refractivity contribution in [3.8, 4) is 17.6 Å². The number of allylic oxidation sites excluding steroid dienone is 1. The SMILES string of the molecule is COc1ccc2nc(Sc3ccc(Cl)cc3)c(C3C(C#N)=C(N)Oc4c3c(=O)oc3ccc(C)cc43)cc2c1. The molecule has 0 aliphatic carbocycles. The number of halogens is 1. The summed E-state index contributed by atoms with van der Waals surface area (Å²) in [5.74, 6) is -0.0219. The van der Waals surface area contributed by atoms with E-state index >= 15 is 0 Å². The number of aryl methyl sites for hydroxylation is 1. The van der Waals surface area contributed by atoms with Crippen LogP contribution in [0.15, 0.2) is 97.3 Å². The minimum absolute atomic E-state index is 0.0726. The Hall–Kier alpha value is -4.45. The summed E-state index contributed by atoms with van der Waals surface area (Å²) in [6.07, 6.45) is 0. The Morgan fingerprint density at radius 3 is 2.64 bits per heavy atom. The number of rotatable bonds is 4. The van der Waals surface area contributed by atoms with Crippen LogP contribution >= 0.6 is 23.4 Å². The van der Waals surface area contributed by atoms with E-state index in [-0.39, 0.29) is 22.8 Å². The van der Waals surface area contributed by atoms with Crippen LogP contribution in [0.25, 0.3) is 21.9 Å². The van der Waals surface area contributed by atoms with E-state index in [4.69, 9.17) is 36.2 Å². The van der Waals surface area contributed by atoms with Gasteiger partial charge in [0.15, 0.2) is 5.75 Å². The lowest BCUT2D eigenvalue weighted by Gasteiger charge is -2.27. The van der Waals surface area contributed by atoms with Gasteiger partial charge in [0.25, 0.3) is 0 Å². The van der Waals surface area contributed by atoms with Crippen LogP contribution in [0.2, 0.25) is 5.02 Å². The van der Waals surface area contributed by atoms with E-state index in [9.17, 15) is 10.1 Å². The molecular weight excluding hydrogens is 534 g/mol. The van der Waals surface area contributed by atoms with Gasteiger partial charge in [-0.15, -0.1) is 0 Å². The van der Waals surface area contributed by atoms with E-state index in [0.29, 0.717) is 32.3 Å². The van der Waals surface area contributed by atoms with Crippen molar-refractivity contribution in [2.75, 3.05) is 7.11 Å². The normalized spacial score (nSPS) is 14.7. The monoisotopic (exact) mass is 553 g/mol. The predicted molar refractivity (Wildman–Crippen MR) is 150 cm³/mol. The van der Waals surface area contributed by atoms with Crippen molar-refractivity contribution >= 4 is 45.2 Å². The number of fused-ring (bicyclic) bond motifs is 4. The first-order chi connectivity index (χ1) is 18.9. The Morgan fingerprint density at radius 2 is 1.90 bits per heavy atom. The second kappa shape index (κ2) is 9.70. The molecular formula is C30H20ClN3O4S. The summed E-state index contributed by atoms with van der Waals surface area (Å²) >= 11 is 7.50. The molecule has 192 valence electrons. The lowest BCUT2D eigenvalue weighted by atomic mass is 9.84. The Kier molecular flexibility index (Phi) is 6.18. The standard InChI is InChI=1S/C30H20ClN3O4S/c1-15-3-10-24-20(11-15)27-26(30(35)37-24)25(22(14-32)28(33)38-27)21-13-16-12-18(36-2)6-9-23(16)34-29(21)39-19-7-4-17(31)5-8-19/h3-13,25H,33H2,1-2H3. The fourth-order valence-corrected chi connectivity index (χ4v) is 5.79. The Labute approximate surface area is 232 Å². The highest BCUT2D eigenvalue weighted by atomic mass is 35.5. The van der Waals surface area contributed by atoms with E-state index in [1.807, 2.05) is 55.5 Å². The van der Waals surface area contributed by atoms with Crippen molar-refractivity contribution in [3.05, 3.63) is 110 Å². The highest BCUT2D eigenvalue weighted by Gasteiger charge is 2.37. The minimum Gasteiger partial charge on any atom is -0.497 e. The number of nitriles is 1. The number of nitrogens with zero attached hydrogens (tertiary/aromatic N) is 2. The molecule has 2 aromatic heterocycles. The molecule has 0 bridgehead atoms. The zero-order chi connectivity index (χ0) is 27.3. The molecule has 7 nitrogen and oxygen atoms in total. The molecule has 1 aliphatic heterocycles. The molecule has 3 aromatic carbocycles. The van der Waals surface area contributed by atoms with Crippen LogP contribution in [0, 0.1) is 18.3 Å². The van der Waals surface area contributed by atoms with Gasteiger partial charge in [-0.05, 0) is 73.2 Å². The number of pyridine rings is 1. The van der Waals surface area contributed by atoms with Crippen LogP contribution in [0.4, 0.5) is 0 Å². The number of aromatic nitrogens is 1. The fraction of sp³-hybridized carbons (Fsp3) is 0.100. The molecule has 1 unspecified atom stereocenters. The van der Waals surface area contributed by atoms with Gasteiger partial charge in [0.05, 0.1) is 29.5 Å². The maximum Gasteiger partial charge on any atom is 0.344 e. The van der Waals surface area contributed by atoms with Crippen molar-refractivity contribution in [3.63, 3.8) is 0 Å². The molecule has 39 heavy (non-hydrogen) atoms. The largest absolute Gasteiger partial charge is 0.497 e. The Morgan fingerprint density at radius 1 is 1.10 bits per heavy atom. The minimum atomic E-state index is -0.877. The van der Waals surface area contributed by atoms with E-state index in [1.54, 1.807) is 25.3 Å². The maximum atomic E-state index is 13.5. The summed E-state index contributed by atoms with van der Waals surface area (Å²) in [5.41, 5.74) is 8.66. The van der Waals surface area contributed by atoms with Crippen LogP contribution in [0.3, 0.4) is 0 Å². The van der Waals surface area contributed by atoms with Crippen molar-refractivity contribution in [2.45, 2.75) is 22.8 Å². The topological polar surface area (TPSA) is 111 Å². The molecule has 0 saturated carbocycles. The molecule has 3 heterocycles. The van der Waals surface area contributed by atoms with Gasteiger partial charge < -0.3 is 19.6 Å². The van der Waals surface area contributed by atoms with Gasteiger partial charge in [-0.25, -0.2) is 9.78 Å². The van der Waals surface area contributed by atoms with E-state index < -0.39 is 11.5 Å². The first-order valence-corrected chi connectivity index (χ1v) is 13.1. The molecule has 9 heteroatoms. The molecule has 5 aromatic rings. The third kappa shape index (κ3) is 4.36. The van der Waals surface area contributed by atoms with Gasteiger partial charge in [-0.2, -0.15) is 5.26 Å². The van der Waals surface area contributed by atoms with Crippen molar-refractivity contribution in [1.29, 1.82) is 5.26 Å². The number of nitrogens with two attached hydrogens (primary N) is 1. The van der Waals surface area contributed by atoms with Gasteiger partial charge in [0.1, 0.15) is 28.0 Å². The second-order valence-corrected chi connectivity index (χ2v) is 10.6. The highest BCUT2D eigenvalue weighted by Crippen LogP contribution is 2.47. The molecule has 0 saturated heterocycles. The number of ether oxygens (including phenoxy) is 2. The number of methoxy groups -OCH3 is 1. The zero-order valence-electron chi connectivity index (χ0n) is 20.8. The van der Waals surface area contributed by atoms with Gasteiger partial charge in [-0.3, -0.25) is 0 Å². The summed E-state index contributed by atoms with van der Waals surface area (Å²) < 4.78 is 17.1. The van der Waals surface area contributed by atoms with Crippen LogP contribution in [0.5, 0.6) is 11.5 Å². The smallest absolute Gasteiger partial charge is 0.344 e. The molecule has 0 fully saturated rings. The quantitative estimate of drug-likeness (QED) is 0.245. The summed E-state index contributed by atoms with van der Waals surface area (Å²) in [7, 11) is 1.59. The molecule has 0 amide bonds. The zero-order valence-corrected chi connectivity index (χ0v) is 22.4. The lowest BCUT2D eigenvalue weighted by Crippen LogP contribution is -2.27. The number of benzene rings is 3. The number of hydrogen-bond acceptors (Lipinski definition) is 8. The van der Waals surface area contributed by atoms with Crippen molar-refractivity contribution in [2.24, 2.45) is 5.73 Å². The molecule has 0 radical (unpaired) electrons. The first-order valence-electron chi connectivity index (χ1n) is 11.9. The summed E-state index contributed by atoms with van der Waals surface area (Å²) in [6, 6.07) is 22.4. The first kappa shape index (κ1) is 24.9. The van der Waals surface area contributed by atoms with Crippen LogP contribution in [-0.2, 0) is 0 Å². The Balaban J connectivity index is 1.67. The van der Waals surface area contributed by atoms with E-state index in [1.165, 1.54) is 11.8 Å². The maximum absolute atomic E-state index is 13.5. The highest BCUT2D eigenvalue weighted by molar-refractivity contribution is 7.99. The van der Waals surface area contributed by atoms with Crippen LogP contribution in [-0.4, -0.2) is 12.1 Å². The van der Waals surface area contributed by atoms with Gasteiger partial charge in [-0.1, -0.05) is 35.0 Å². The van der Waals surface area contributed by atoms with Crippen LogP contribution < -0.4 is 20.8 Å².